The number of hydrogen-bond donors (Lipinski definition) is 0. The van der Waals surface area contributed by atoms with E-state index in [2.05, 4.69) is 5.10 Å². The van der Waals surface area contributed by atoms with Gasteiger partial charge in [0.25, 0.3) is 5.91 Å². The van der Waals surface area contributed by atoms with E-state index in [1.807, 2.05) is 45.2 Å². The number of piperazine rings is 1. The fourth-order valence-corrected chi connectivity index (χ4v) is 2.69. The third-order valence-corrected chi connectivity index (χ3v) is 3.88. The van der Waals surface area contributed by atoms with Gasteiger partial charge in [-0.2, -0.15) is 5.10 Å². The molecular formula is C17H22N4O3. The van der Waals surface area contributed by atoms with Crippen LogP contribution in [0.2, 0.25) is 0 Å². The zero-order valence-electron chi connectivity index (χ0n) is 14.2. The minimum atomic E-state index is -0.513. The lowest BCUT2D eigenvalue weighted by molar-refractivity contribution is 0.0141. The van der Waals surface area contributed by atoms with E-state index in [1.54, 1.807) is 20.5 Å². The number of amides is 2. The van der Waals surface area contributed by atoms with Gasteiger partial charge in [-0.3, -0.25) is 4.79 Å². The highest BCUT2D eigenvalue weighted by Crippen LogP contribution is 2.16. The molecule has 0 bridgehead atoms. The molecule has 2 amide bonds. The average molecular weight is 330 g/mol. The number of rotatable bonds is 1. The molecule has 2 aromatic rings. The second kappa shape index (κ2) is 6.14. The first-order chi connectivity index (χ1) is 11.3. The average Bonchev–Trinajstić information content (AvgIpc) is 2.97. The quantitative estimate of drug-likeness (QED) is 0.802. The van der Waals surface area contributed by atoms with Crippen LogP contribution in [0.25, 0.3) is 5.52 Å². The molecule has 0 N–H and O–H groups in total. The van der Waals surface area contributed by atoms with E-state index in [1.165, 1.54) is 0 Å². The van der Waals surface area contributed by atoms with Crippen LogP contribution in [0.1, 0.15) is 31.1 Å². The molecule has 1 aliphatic heterocycles. The van der Waals surface area contributed by atoms with Gasteiger partial charge in [-0.1, -0.05) is 6.07 Å². The highest BCUT2D eigenvalue weighted by molar-refractivity contribution is 6.00. The van der Waals surface area contributed by atoms with Gasteiger partial charge in [-0.25, -0.2) is 9.31 Å². The molecule has 1 aliphatic rings. The van der Waals surface area contributed by atoms with E-state index in [4.69, 9.17) is 4.74 Å². The number of ether oxygens (including phenoxy) is 1. The van der Waals surface area contributed by atoms with E-state index in [-0.39, 0.29) is 12.0 Å². The van der Waals surface area contributed by atoms with Gasteiger partial charge in [0.1, 0.15) is 5.60 Å². The van der Waals surface area contributed by atoms with Crippen LogP contribution in [0.5, 0.6) is 0 Å². The maximum Gasteiger partial charge on any atom is 0.410 e. The molecule has 0 spiro atoms. The molecule has 3 rings (SSSR count). The molecule has 0 aliphatic carbocycles. The topological polar surface area (TPSA) is 67.2 Å². The Morgan fingerprint density at radius 1 is 1.08 bits per heavy atom. The summed E-state index contributed by atoms with van der Waals surface area (Å²) in [5.41, 5.74) is 0.861. The summed E-state index contributed by atoms with van der Waals surface area (Å²) < 4.78 is 7.06. The number of carbonyl (C=O) groups is 2. The van der Waals surface area contributed by atoms with Crippen molar-refractivity contribution in [1.82, 2.24) is 19.4 Å². The van der Waals surface area contributed by atoms with Crippen molar-refractivity contribution < 1.29 is 14.3 Å². The van der Waals surface area contributed by atoms with Crippen molar-refractivity contribution in [3.8, 4) is 0 Å². The van der Waals surface area contributed by atoms with E-state index in [0.29, 0.717) is 31.7 Å². The summed E-state index contributed by atoms with van der Waals surface area (Å²) in [6.07, 6.45) is 3.08. The van der Waals surface area contributed by atoms with Crippen molar-refractivity contribution >= 4 is 17.5 Å². The Bertz CT molecular complexity index is 755. The van der Waals surface area contributed by atoms with Gasteiger partial charge >= 0.3 is 6.09 Å². The van der Waals surface area contributed by atoms with Gasteiger partial charge < -0.3 is 14.5 Å². The minimum Gasteiger partial charge on any atom is -0.444 e. The van der Waals surface area contributed by atoms with Crippen LogP contribution < -0.4 is 0 Å². The Morgan fingerprint density at radius 2 is 1.75 bits per heavy atom. The summed E-state index contributed by atoms with van der Waals surface area (Å²) in [5.74, 6) is -0.0555. The van der Waals surface area contributed by atoms with E-state index in [9.17, 15) is 9.59 Å². The van der Waals surface area contributed by atoms with Gasteiger partial charge in [0.15, 0.2) is 0 Å². The number of carbonyl (C=O) groups excluding carboxylic acids is 2. The fraction of sp³-hybridized carbons (Fsp3) is 0.471. The largest absolute Gasteiger partial charge is 0.444 e. The predicted octanol–water partition coefficient (Wildman–Crippen LogP) is 2.03. The summed E-state index contributed by atoms with van der Waals surface area (Å²) >= 11 is 0. The van der Waals surface area contributed by atoms with Crippen LogP contribution in [-0.2, 0) is 4.74 Å². The normalized spacial score (nSPS) is 15.6. The van der Waals surface area contributed by atoms with E-state index < -0.39 is 5.60 Å². The maximum atomic E-state index is 12.7. The number of pyridine rings is 1. The molecule has 2 aromatic heterocycles. The Balaban J connectivity index is 1.64. The van der Waals surface area contributed by atoms with Crippen LogP contribution in [-0.4, -0.2) is 63.2 Å². The maximum absolute atomic E-state index is 12.7. The van der Waals surface area contributed by atoms with Crippen molar-refractivity contribution in [2.75, 3.05) is 26.2 Å². The van der Waals surface area contributed by atoms with Crippen molar-refractivity contribution in [1.29, 1.82) is 0 Å². The van der Waals surface area contributed by atoms with Crippen molar-refractivity contribution in [3.05, 3.63) is 36.2 Å². The van der Waals surface area contributed by atoms with Gasteiger partial charge in [-0.05, 0) is 32.9 Å². The van der Waals surface area contributed by atoms with Gasteiger partial charge in [0.05, 0.1) is 17.3 Å². The Labute approximate surface area is 140 Å². The summed E-state index contributed by atoms with van der Waals surface area (Å²) in [6.45, 7) is 7.45. The summed E-state index contributed by atoms with van der Waals surface area (Å²) in [7, 11) is 0. The first-order valence-electron chi connectivity index (χ1n) is 8.05. The smallest absolute Gasteiger partial charge is 0.410 e. The van der Waals surface area contributed by atoms with Crippen LogP contribution in [0, 0.1) is 0 Å². The Morgan fingerprint density at radius 3 is 2.42 bits per heavy atom. The van der Waals surface area contributed by atoms with Crippen molar-refractivity contribution in [3.63, 3.8) is 0 Å². The molecule has 128 valence electrons. The summed E-state index contributed by atoms with van der Waals surface area (Å²) in [6, 6.07) is 5.62. The number of fused-ring (bicyclic) bond motifs is 1. The molecule has 7 nitrogen and oxygen atoms in total. The molecule has 0 unspecified atom stereocenters. The Hall–Kier alpha value is -2.57. The second-order valence-corrected chi connectivity index (χ2v) is 6.85. The molecular weight excluding hydrogens is 308 g/mol. The van der Waals surface area contributed by atoms with Crippen LogP contribution in [0.4, 0.5) is 4.79 Å². The molecule has 3 heterocycles. The molecule has 0 atom stereocenters. The number of aromatic nitrogens is 2. The Kier molecular flexibility index (Phi) is 4.17. The van der Waals surface area contributed by atoms with Crippen LogP contribution in [0.3, 0.4) is 0 Å². The van der Waals surface area contributed by atoms with Gasteiger partial charge in [-0.15, -0.1) is 0 Å². The molecule has 1 fully saturated rings. The molecule has 24 heavy (non-hydrogen) atoms. The lowest BCUT2D eigenvalue weighted by Gasteiger charge is -2.35. The molecule has 0 radical (unpaired) electrons. The second-order valence-electron chi connectivity index (χ2n) is 6.85. The predicted molar refractivity (Wildman–Crippen MR) is 88.9 cm³/mol. The first-order valence-corrected chi connectivity index (χ1v) is 8.05. The minimum absolute atomic E-state index is 0.0555. The highest BCUT2D eigenvalue weighted by atomic mass is 16.6. The fourth-order valence-electron chi connectivity index (χ4n) is 2.69. The SMILES string of the molecule is CC(C)(C)OC(=O)N1CCN(C(=O)c2cnn3ccccc23)CC1. The zero-order chi connectivity index (χ0) is 17.3. The molecule has 0 saturated carbocycles. The monoisotopic (exact) mass is 330 g/mol. The third-order valence-electron chi connectivity index (χ3n) is 3.88. The van der Waals surface area contributed by atoms with Crippen molar-refractivity contribution in [2.24, 2.45) is 0 Å². The molecule has 0 aromatic carbocycles. The molecule has 1 saturated heterocycles. The van der Waals surface area contributed by atoms with Crippen LogP contribution >= 0.6 is 0 Å². The van der Waals surface area contributed by atoms with Gasteiger partial charge in [0.2, 0.25) is 0 Å². The number of nitrogens with zero attached hydrogens (tertiary/aromatic N) is 4. The standard InChI is InChI=1S/C17H22N4O3/c1-17(2,3)24-16(23)20-10-8-19(9-11-20)15(22)13-12-18-21-7-5-4-6-14(13)21/h4-7,12H,8-11H2,1-3H3. The third kappa shape index (κ3) is 3.34. The van der Waals surface area contributed by atoms with Gasteiger partial charge in [0, 0.05) is 32.4 Å². The summed E-state index contributed by atoms with van der Waals surface area (Å²) in [4.78, 5) is 28.2. The van der Waals surface area contributed by atoms with E-state index in [0.717, 1.165) is 5.52 Å². The lowest BCUT2D eigenvalue weighted by atomic mass is 10.2. The highest BCUT2D eigenvalue weighted by Gasteiger charge is 2.28. The lowest BCUT2D eigenvalue weighted by Crippen LogP contribution is -2.51. The van der Waals surface area contributed by atoms with Crippen molar-refractivity contribution in [2.45, 2.75) is 26.4 Å². The van der Waals surface area contributed by atoms with E-state index >= 15 is 0 Å². The van der Waals surface area contributed by atoms with Crippen LogP contribution in [0.15, 0.2) is 30.6 Å². The molecule has 7 heteroatoms. The summed E-state index contributed by atoms with van der Waals surface area (Å²) in [5, 5.41) is 4.20. The zero-order valence-corrected chi connectivity index (χ0v) is 14.2. The first kappa shape index (κ1) is 16.3. The number of hydrogen-bond acceptors (Lipinski definition) is 4.